The molecule has 0 aliphatic carbocycles. The number of hydrogen-bond donors (Lipinski definition) is 0. The van der Waals surface area contributed by atoms with E-state index in [1.807, 2.05) is 0 Å². The average Bonchev–Trinajstić information content (AvgIpc) is 3.07. The van der Waals surface area contributed by atoms with Gasteiger partial charge in [0.15, 0.2) is 0 Å². The molecule has 0 radical (unpaired) electrons. The Labute approximate surface area is 153 Å². The molecule has 1 aliphatic heterocycles. The van der Waals surface area contributed by atoms with Crippen LogP contribution in [0.4, 0.5) is 22.0 Å². The van der Waals surface area contributed by atoms with E-state index in [4.69, 9.17) is 9.47 Å². The van der Waals surface area contributed by atoms with Crippen molar-refractivity contribution in [1.82, 2.24) is 0 Å². The summed E-state index contributed by atoms with van der Waals surface area (Å²) < 4.78 is 72.5. The average molecular weight is 388 g/mol. The Morgan fingerprint density at radius 1 is 0.769 bits per heavy atom. The van der Waals surface area contributed by atoms with Crippen LogP contribution in [0.15, 0.2) is 0 Å². The summed E-state index contributed by atoms with van der Waals surface area (Å²) in [6.45, 7) is 2.42. The van der Waals surface area contributed by atoms with E-state index in [1.54, 1.807) is 0 Å². The molecule has 1 rings (SSSR count). The van der Waals surface area contributed by atoms with Crippen molar-refractivity contribution in [3.8, 4) is 0 Å². The second-order valence-corrected chi connectivity index (χ2v) is 7.17. The maximum atomic E-state index is 12.7. The van der Waals surface area contributed by atoms with Gasteiger partial charge in [-0.25, -0.2) is 0 Å². The van der Waals surface area contributed by atoms with Gasteiger partial charge in [0.05, 0.1) is 6.10 Å². The van der Waals surface area contributed by atoms with E-state index >= 15 is 0 Å². The van der Waals surface area contributed by atoms with Crippen molar-refractivity contribution < 1.29 is 31.4 Å². The van der Waals surface area contributed by atoms with E-state index in [9.17, 15) is 22.0 Å². The van der Waals surface area contributed by atoms with Crippen LogP contribution in [-0.2, 0) is 9.47 Å². The Kier molecular flexibility index (Phi) is 11.7. The molecule has 0 N–H and O–H groups in total. The van der Waals surface area contributed by atoms with Gasteiger partial charge in [-0.2, -0.15) is 22.0 Å². The fraction of sp³-hybridized carbons (Fsp3) is 1.00. The Morgan fingerprint density at radius 3 is 1.88 bits per heavy atom. The van der Waals surface area contributed by atoms with Crippen LogP contribution in [0.2, 0.25) is 0 Å². The highest BCUT2D eigenvalue weighted by Gasteiger charge is 2.56. The molecule has 0 bridgehead atoms. The van der Waals surface area contributed by atoms with Crippen LogP contribution in [0, 0.1) is 0 Å². The second-order valence-electron chi connectivity index (χ2n) is 7.17. The molecular weight excluding hydrogens is 355 g/mol. The number of halogens is 5. The third-order valence-electron chi connectivity index (χ3n) is 4.80. The molecule has 1 unspecified atom stereocenters. The summed E-state index contributed by atoms with van der Waals surface area (Å²) in [7, 11) is 0. The van der Waals surface area contributed by atoms with Crippen molar-refractivity contribution in [3.05, 3.63) is 0 Å². The Morgan fingerprint density at radius 2 is 1.35 bits per heavy atom. The summed E-state index contributed by atoms with van der Waals surface area (Å²) in [4.78, 5) is 0. The zero-order valence-electron chi connectivity index (χ0n) is 15.6. The quantitative estimate of drug-likeness (QED) is 0.230. The van der Waals surface area contributed by atoms with Gasteiger partial charge in [-0.1, -0.05) is 44.9 Å². The summed E-state index contributed by atoms with van der Waals surface area (Å²) in [6.07, 6.45) is 4.49. The first-order chi connectivity index (χ1) is 12.3. The lowest BCUT2D eigenvalue weighted by molar-refractivity contribution is -0.284. The molecule has 0 aromatic carbocycles. The molecule has 7 heteroatoms. The fourth-order valence-corrected chi connectivity index (χ4v) is 3.12. The Balaban J connectivity index is 1.77. The number of ether oxygens (including phenoxy) is 2. The van der Waals surface area contributed by atoms with Crippen molar-refractivity contribution in [2.75, 3.05) is 19.8 Å². The van der Waals surface area contributed by atoms with Crippen LogP contribution in [0.1, 0.15) is 83.5 Å². The minimum Gasteiger partial charge on any atom is -0.381 e. The van der Waals surface area contributed by atoms with Crippen LogP contribution < -0.4 is 0 Å². The lowest BCUT2D eigenvalue weighted by atomic mass is 10.0. The first-order valence-electron chi connectivity index (χ1n) is 9.97. The topological polar surface area (TPSA) is 18.5 Å². The lowest BCUT2D eigenvalue weighted by Crippen LogP contribution is -2.36. The zero-order valence-corrected chi connectivity index (χ0v) is 15.6. The van der Waals surface area contributed by atoms with Gasteiger partial charge < -0.3 is 9.47 Å². The molecule has 0 amide bonds. The van der Waals surface area contributed by atoms with Gasteiger partial charge >= 0.3 is 12.1 Å². The summed E-state index contributed by atoms with van der Waals surface area (Å²) in [6, 6.07) is 0. The predicted octanol–water partition coefficient (Wildman–Crippen LogP) is 6.67. The number of unbranched alkanes of at least 4 members (excludes halogenated alkanes) is 8. The SMILES string of the molecule is FC(F)(F)C(F)(F)CCCCCCCCCCCOCCC1CCCO1. The summed E-state index contributed by atoms with van der Waals surface area (Å²) in [5.74, 6) is -4.54. The molecule has 1 fully saturated rings. The maximum Gasteiger partial charge on any atom is 0.453 e. The molecule has 0 saturated carbocycles. The summed E-state index contributed by atoms with van der Waals surface area (Å²) >= 11 is 0. The van der Waals surface area contributed by atoms with Gasteiger partial charge in [0, 0.05) is 26.2 Å². The first kappa shape index (κ1) is 23.6. The molecule has 0 aromatic rings. The minimum absolute atomic E-state index is 0.0737. The highest BCUT2D eigenvalue weighted by atomic mass is 19.4. The minimum atomic E-state index is -5.42. The largest absolute Gasteiger partial charge is 0.453 e. The van der Waals surface area contributed by atoms with Crippen molar-refractivity contribution in [1.29, 1.82) is 0 Å². The maximum absolute atomic E-state index is 12.7. The van der Waals surface area contributed by atoms with Crippen molar-refractivity contribution in [3.63, 3.8) is 0 Å². The van der Waals surface area contributed by atoms with E-state index in [-0.39, 0.29) is 6.42 Å². The van der Waals surface area contributed by atoms with Gasteiger partial charge in [-0.05, 0) is 32.1 Å². The Bertz CT molecular complexity index is 341. The molecular formula is C19H33F5O2. The third kappa shape index (κ3) is 10.7. The van der Waals surface area contributed by atoms with E-state index in [2.05, 4.69) is 0 Å². The highest BCUT2D eigenvalue weighted by molar-refractivity contribution is 4.75. The number of rotatable bonds is 15. The van der Waals surface area contributed by atoms with Gasteiger partial charge in [-0.15, -0.1) is 0 Å². The van der Waals surface area contributed by atoms with Crippen molar-refractivity contribution in [2.24, 2.45) is 0 Å². The summed E-state index contributed by atoms with van der Waals surface area (Å²) in [5.41, 5.74) is 0. The normalized spacial score (nSPS) is 18.6. The molecule has 2 nitrogen and oxygen atoms in total. The third-order valence-corrected chi connectivity index (χ3v) is 4.80. The lowest BCUT2D eigenvalue weighted by Gasteiger charge is -2.19. The fourth-order valence-electron chi connectivity index (χ4n) is 3.12. The smallest absolute Gasteiger partial charge is 0.381 e. The molecule has 1 heterocycles. The van der Waals surface area contributed by atoms with E-state index in [0.717, 1.165) is 84.0 Å². The molecule has 1 aliphatic rings. The van der Waals surface area contributed by atoms with Crippen LogP contribution in [0.25, 0.3) is 0 Å². The van der Waals surface area contributed by atoms with E-state index < -0.39 is 18.5 Å². The molecule has 0 spiro atoms. The second kappa shape index (κ2) is 12.9. The first-order valence-corrected chi connectivity index (χ1v) is 9.97. The molecule has 0 aromatic heterocycles. The van der Waals surface area contributed by atoms with Crippen molar-refractivity contribution >= 4 is 0 Å². The van der Waals surface area contributed by atoms with Gasteiger partial charge in [0.2, 0.25) is 0 Å². The zero-order chi connectivity index (χ0) is 19.3. The molecule has 1 saturated heterocycles. The molecule has 156 valence electrons. The Hall–Kier alpha value is -0.430. The monoisotopic (exact) mass is 388 g/mol. The van der Waals surface area contributed by atoms with Crippen LogP contribution >= 0.6 is 0 Å². The van der Waals surface area contributed by atoms with Crippen LogP contribution in [0.3, 0.4) is 0 Å². The van der Waals surface area contributed by atoms with Crippen LogP contribution in [-0.4, -0.2) is 38.0 Å². The van der Waals surface area contributed by atoms with Gasteiger partial charge in [0.25, 0.3) is 0 Å². The van der Waals surface area contributed by atoms with Gasteiger partial charge in [0.1, 0.15) is 0 Å². The summed E-state index contributed by atoms with van der Waals surface area (Å²) in [5, 5.41) is 0. The number of alkyl halides is 5. The van der Waals surface area contributed by atoms with Gasteiger partial charge in [-0.3, -0.25) is 0 Å². The molecule has 26 heavy (non-hydrogen) atoms. The highest BCUT2D eigenvalue weighted by Crippen LogP contribution is 2.39. The standard InChI is InChI=1S/C19H33F5O2/c20-18(21,19(22,23)24)13-8-6-4-2-1-3-5-7-9-14-25-16-12-17-11-10-15-26-17/h17H,1-16H2. The van der Waals surface area contributed by atoms with E-state index in [1.165, 1.54) is 0 Å². The molecule has 1 atom stereocenters. The van der Waals surface area contributed by atoms with Crippen molar-refractivity contribution in [2.45, 2.75) is 102 Å². The predicted molar refractivity (Wildman–Crippen MR) is 91.6 cm³/mol. The number of hydrogen-bond acceptors (Lipinski definition) is 2. The van der Waals surface area contributed by atoms with E-state index in [0.29, 0.717) is 12.5 Å². The van der Waals surface area contributed by atoms with Crippen LogP contribution in [0.5, 0.6) is 0 Å².